The third-order valence-corrected chi connectivity index (χ3v) is 9.35. The molecule has 0 N–H and O–H groups in total. The summed E-state index contributed by atoms with van der Waals surface area (Å²) < 4.78 is 17.4. The summed E-state index contributed by atoms with van der Waals surface area (Å²) >= 11 is 1.77. The van der Waals surface area contributed by atoms with E-state index in [1.54, 1.807) is 11.3 Å². The molecule has 39 heavy (non-hydrogen) atoms. The quantitative estimate of drug-likeness (QED) is 0.228. The molecule has 1 aliphatic rings. The van der Waals surface area contributed by atoms with E-state index in [0.29, 0.717) is 13.2 Å². The minimum Gasteiger partial charge on any atom is -0.485 e. The topological polar surface area (TPSA) is 28.3 Å². The number of hydrogen-bond acceptors (Lipinski definition) is 3. The average Bonchev–Trinajstić information content (AvgIpc) is 3.64. The number of hydrogen-bond donors (Lipinski definition) is 0. The number of nitrogens with zero attached hydrogens (tertiary/aromatic N) is 2. The van der Waals surface area contributed by atoms with E-state index >= 15 is 0 Å². The molecule has 4 nitrogen and oxygen atoms in total. The van der Waals surface area contributed by atoms with Gasteiger partial charge in [0, 0.05) is 56.7 Å². The van der Waals surface area contributed by atoms with Crippen LogP contribution < -0.4 is 9.47 Å². The number of fused-ring (bicyclic) bond motifs is 7. The second-order valence-corrected chi connectivity index (χ2v) is 11.1. The van der Waals surface area contributed by atoms with Gasteiger partial charge in [-0.3, -0.25) is 0 Å². The Hall–Kier alpha value is -4.22. The number of rotatable bonds is 4. The van der Waals surface area contributed by atoms with E-state index in [0.717, 1.165) is 34.3 Å². The van der Waals surface area contributed by atoms with Crippen molar-refractivity contribution in [3.63, 3.8) is 0 Å². The first kappa shape index (κ1) is 22.7. The van der Waals surface area contributed by atoms with Crippen molar-refractivity contribution in [3.05, 3.63) is 84.9 Å². The monoisotopic (exact) mass is 528 g/mol. The molecule has 0 unspecified atom stereocenters. The highest BCUT2D eigenvalue weighted by molar-refractivity contribution is 7.19. The molecule has 0 atom stereocenters. The van der Waals surface area contributed by atoms with Crippen LogP contribution in [-0.4, -0.2) is 22.3 Å². The summed E-state index contributed by atoms with van der Waals surface area (Å²) in [6.07, 6.45) is 0. The second-order valence-electron chi connectivity index (χ2n) is 10.1. The van der Waals surface area contributed by atoms with Gasteiger partial charge in [0.05, 0.1) is 9.75 Å². The van der Waals surface area contributed by atoms with Crippen molar-refractivity contribution in [2.45, 2.75) is 26.9 Å². The Kier molecular flexibility index (Phi) is 5.04. The smallest absolute Gasteiger partial charge is 0.180 e. The maximum Gasteiger partial charge on any atom is 0.180 e. The van der Waals surface area contributed by atoms with Crippen LogP contribution in [0.5, 0.6) is 11.5 Å². The molecule has 0 fully saturated rings. The molecule has 5 heteroatoms. The first-order valence-electron chi connectivity index (χ1n) is 13.7. The fourth-order valence-corrected chi connectivity index (χ4v) is 7.58. The van der Waals surface area contributed by atoms with Gasteiger partial charge < -0.3 is 18.6 Å². The summed E-state index contributed by atoms with van der Waals surface area (Å²) in [5.41, 5.74) is 7.43. The van der Waals surface area contributed by atoms with E-state index in [4.69, 9.17) is 9.47 Å². The van der Waals surface area contributed by atoms with Crippen molar-refractivity contribution < 1.29 is 9.47 Å². The lowest BCUT2D eigenvalue weighted by atomic mass is 10.1. The minimum atomic E-state index is 0.566. The molecule has 0 saturated heterocycles. The van der Waals surface area contributed by atoms with E-state index < -0.39 is 0 Å². The van der Waals surface area contributed by atoms with Crippen molar-refractivity contribution in [1.82, 2.24) is 9.13 Å². The Morgan fingerprint density at radius 1 is 0.564 bits per heavy atom. The van der Waals surface area contributed by atoms with Gasteiger partial charge in [0.25, 0.3) is 0 Å². The average molecular weight is 529 g/mol. The predicted octanol–water partition coefficient (Wildman–Crippen LogP) is 9.11. The van der Waals surface area contributed by atoms with Crippen molar-refractivity contribution in [1.29, 1.82) is 0 Å². The van der Waals surface area contributed by atoms with E-state index in [2.05, 4.69) is 108 Å². The maximum atomic E-state index is 6.29. The molecule has 0 bridgehead atoms. The zero-order valence-corrected chi connectivity index (χ0v) is 22.8. The molecular weight excluding hydrogens is 500 g/mol. The summed E-state index contributed by atoms with van der Waals surface area (Å²) in [4.78, 5) is 2.26. The number of ether oxygens (including phenoxy) is 2. The molecule has 0 radical (unpaired) electrons. The SMILES string of the molecule is CCn1c2ccccc2c2cc(-c3sc(-c4ccc5c(c4)c4ccccc4n5CC)c4c3OCCO4)ccc21. The van der Waals surface area contributed by atoms with Gasteiger partial charge in [0.15, 0.2) is 11.5 Å². The highest BCUT2D eigenvalue weighted by atomic mass is 32.1. The van der Waals surface area contributed by atoms with Crippen LogP contribution in [0.1, 0.15) is 13.8 Å². The molecule has 7 aromatic rings. The third kappa shape index (κ3) is 3.23. The molecule has 192 valence electrons. The highest BCUT2D eigenvalue weighted by Crippen LogP contribution is 2.54. The molecule has 1 aliphatic heterocycles. The first-order chi connectivity index (χ1) is 19.3. The third-order valence-electron chi connectivity index (χ3n) is 8.10. The Morgan fingerprint density at radius 2 is 1.00 bits per heavy atom. The normalized spacial score (nSPS) is 13.3. The molecule has 0 saturated carbocycles. The van der Waals surface area contributed by atoms with Crippen molar-refractivity contribution >= 4 is 54.9 Å². The van der Waals surface area contributed by atoms with Crippen LogP contribution in [-0.2, 0) is 13.1 Å². The van der Waals surface area contributed by atoms with Crippen molar-refractivity contribution in [2.75, 3.05) is 13.2 Å². The number of benzene rings is 4. The van der Waals surface area contributed by atoms with Crippen LogP contribution in [0.3, 0.4) is 0 Å². The van der Waals surface area contributed by atoms with Crippen LogP contribution in [0.2, 0.25) is 0 Å². The number of aromatic nitrogens is 2. The molecule has 0 amide bonds. The van der Waals surface area contributed by atoms with Gasteiger partial charge in [0.1, 0.15) is 13.2 Å². The fraction of sp³-hybridized carbons (Fsp3) is 0.176. The van der Waals surface area contributed by atoms with Crippen molar-refractivity contribution in [2.24, 2.45) is 0 Å². The Balaban J connectivity index is 1.34. The molecule has 0 aliphatic carbocycles. The Bertz CT molecular complexity index is 1910. The standard InChI is InChI=1S/C34H28N2O2S/c1-3-35-27-11-7-5-9-23(27)25-19-21(13-15-29(25)35)33-31-32(38-18-17-37-31)34(39-33)22-14-16-30-26(20-22)24-10-6-8-12-28(24)36(30)4-2/h5-16,19-20H,3-4,17-18H2,1-2H3. The van der Waals surface area contributed by atoms with Gasteiger partial charge in [-0.25, -0.2) is 0 Å². The van der Waals surface area contributed by atoms with Crippen LogP contribution >= 0.6 is 11.3 Å². The molecule has 8 rings (SSSR count). The summed E-state index contributed by atoms with van der Waals surface area (Å²) in [5.74, 6) is 1.74. The van der Waals surface area contributed by atoms with E-state index in [9.17, 15) is 0 Å². The van der Waals surface area contributed by atoms with Gasteiger partial charge in [-0.15, -0.1) is 11.3 Å². The number of para-hydroxylation sites is 2. The van der Waals surface area contributed by atoms with Crippen LogP contribution in [0, 0.1) is 0 Å². The molecule has 4 heterocycles. The molecule has 4 aromatic carbocycles. The number of thiophene rings is 1. The summed E-state index contributed by atoms with van der Waals surface area (Å²) in [5, 5.41) is 5.13. The Labute approximate surface area is 230 Å². The summed E-state index contributed by atoms with van der Waals surface area (Å²) in [7, 11) is 0. The minimum absolute atomic E-state index is 0.566. The summed E-state index contributed by atoms with van der Waals surface area (Å²) in [6.45, 7) is 7.43. The molecule has 3 aromatic heterocycles. The Morgan fingerprint density at radius 3 is 1.46 bits per heavy atom. The van der Waals surface area contributed by atoms with Crippen LogP contribution in [0.25, 0.3) is 64.5 Å². The largest absolute Gasteiger partial charge is 0.485 e. The number of aryl methyl sites for hydroxylation is 2. The zero-order chi connectivity index (χ0) is 26.1. The van der Waals surface area contributed by atoms with Crippen molar-refractivity contribution in [3.8, 4) is 32.4 Å². The van der Waals surface area contributed by atoms with Gasteiger partial charge in [0.2, 0.25) is 0 Å². The van der Waals surface area contributed by atoms with Crippen LogP contribution in [0.4, 0.5) is 0 Å². The lowest BCUT2D eigenvalue weighted by Gasteiger charge is -2.17. The van der Waals surface area contributed by atoms with Crippen LogP contribution in [0.15, 0.2) is 84.9 Å². The fourth-order valence-electron chi connectivity index (χ4n) is 6.40. The van der Waals surface area contributed by atoms with E-state index in [-0.39, 0.29) is 0 Å². The van der Waals surface area contributed by atoms with Gasteiger partial charge >= 0.3 is 0 Å². The first-order valence-corrected chi connectivity index (χ1v) is 14.5. The second kappa shape index (κ2) is 8.65. The van der Waals surface area contributed by atoms with Gasteiger partial charge in [-0.2, -0.15) is 0 Å². The molecular formula is C34H28N2O2S. The lowest BCUT2D eigenvalue weighted by Crippen LogP contribution is -2.14. The van der Waals surface area contributed by atoms with Gasteiger partial charge in [-0.1, -0.05) is 48.5 Å². The lowest BCUT2D eigenvalue weighted by molar-refractivity contribution is 0.175. The van der Waals surface area contributed by atoms with E-state index in [1.807, 2.05) is 0 Å². The van der Waals surface area contributed by atoms with E-state index in [1.165, 1.54) is 54.7 Å². The predicted molar refractivity (Wildman–Crippen MR) is 164 cm³/mol. The zero-order valence-electron chi connectivity index (χ0n) is 22.0. The summed E-state index contributed by atoms with van der Waals surface area (Å²) in [6, 6.07) is 31.0. The van der Waals surface area contributed by atoms with Gasteiger partial charge in [-0.05, 0) is 61.4 Å². The molecule has 0 spiro atoms. The highest BCUT2D eigenvalue weighted by Gasteiger charge is 2.27. The maximum absolute atomic E-state index is 6.29.